The van der Waals surface area contributed by atoms with Crippen molar-refractivity contribution in [3.8, 4) is 0 Å². The standard InChI is InChI=1S/C13H15ClN2O4/c1-8(17)3-6-12(18)20-9(2)13(19)16-11-5-4-10(14)7-15-11/h4-5,7,9H,3,6H2,1-2H3,(H,15,16,19)/t9-/m1/s1. The maximum absolute atomic E-state index is 11.7. The van der Waals surface area contributed by atoms with Gasteiger partial charge < -0.3 is 14.8 Å². The number of amides is 1. The van der Waals surface area contributed by atoms with Gasteiger partial charge in [-0.3, -0.25) is 9.59 Å². The van der Waals surface area contributed by atoms with Gasteiger partial charge in [0.2, 0.25) is 0 Å². The quantitative estimate of drug-likeness (QED) is 0.812. The van der Waals surface area contributed by atoms with Gasteiger partial charge in [0, 0.05) is 12.6 Å². The Morgan fingerprint density at radius 1 is 1.35 bits per heavy atom. The number of hydrogen-bond acceptors (Lipinski definition) is 5. The van der Waals surface area contributed by atoms with Crippen molar-refractivity contribution < 1.29 is 19.1 Å². The third-order valence-corrected chi connectivity index (χ3v) is 2.56. The Morgan fingerprint density at radius 2 is 2.05 bits per heavy atom. The summed E-state index contributed by atoms with van der Waals surface area (Å²) < 4.78 is 4.90. The van der Waals surface area contributed by atoms with Crippen LogP contribution in [-0.2, 0) is 19.1 Å². The number of rotatable bonds is 6. The number of pyridine rings is 1. The number of Topliss-reactive ketones (excluding diaryl/α,β-unsaturated/α-hetero) is 1. The van der Waals surface area contributed by atoms with E-state index in [9.17, 15) is 14.4 Å². The first-order valence-electron chi connectivity index (χ1n) is 6.00. The first kappa shape index (κ1) is 16.1. The number of hydrogen-bond donors (Lipinski definition) is 1. The summed E-state index contributed by atoms with van der Waals surface area (Å²) in [5.41, 5.74) is 0. The average molecular weight is 299 g/mol. The van der Waals surface area contributed by atoms with Crippen LogP contribution in [-0.4, -0.2) is 28.7 Å². The van der Waals surface area contributed by atoms with E-state index in [0.29, 0.717) is 10.8 Å². The van der Waals surface area contributed by atoms with Crippen LogP contribution in [0.25, 0.3) is 0 Å². The lowest BCUT2D eigenvalue weighted by molar-refractivity contribution is -0.153. The molecule has 0 fully saturated rings. The first-order chi connectivity index (χ1) is 9.38. The van der Waals surface area contributed by atoms with Gasteiger partial charge in [-0.25, -0.2) is 4.98 Å². The lowest BCUT2D eigenvalue weighted by atomic mass is 10.2. The van der Waals surface area contributed by atoms with Crippen molar-refractivity contribution in [1.29, 1.82) is 0 Å². The Kier molecular flexibility index (Phi) is 6.11. The van der Waals surface area contributed by atoms with Crippen LogP contribution in [0.3, 0.4) is 0 Å². The third kappa shape index (κ3) is 5.79. The second-order valence-electron chi connectivity index (χ2n) is 4.19. The molecule has 108 valence electrons. The maximum Gasteiger partial charge on any atom is 0.307 e. The highest BCUT2D eigenvalue weighted by atomic mass is 35.5. The van der Waals surface area contributed by atoms with Gasteiger partial charge >= 0.3 is 5.97 Å². The smallest absolute Gasteiger partial charge is 0.307 e. The van der Waals surface area contributed by atoms with E-state index < -0.39 is 18.0 Å². The SMILES string of the molecule is CC(=O)CCC(=O)O[C@H](C)C(=O)Nc1ccc(Cl)cn1. The van der Waals surface area contributed by atoms with Crippen LogP contribution in [0.5, 0.6) is 0 Å². The van der Waals surface area contributed by atoms with Crippen molar-refractivity contribution in [1.82, 2.24) is 4.98 Å². The van der Waals surface area contributed by atoms with E-state index in [1.54, 1.807) is 6.07 Å². The van der Waals surface area contributed by atoms with E-state index in [-0.39, 0.29) is 18.6 Å². The molecule has 7 heteroatoms. The topological polar surface area (TPSA) is 85.4 Å². The van der Waals surface area contributed by atoms with Gasteiger partial charge in [0.05, 0.1) is 11.4 Å². The lowest BCUT2D eigenvalue weighted by Crippen LogP contribution is -2.30. The molecule has 1 N–H and O–H groups in total. The molecule has 1 rings (SSSR count). The van der Waals surface area contributed by atoms with Gasteiger partial charge in [-0.05, 0) is 26.0 Å². The normalized spacial score (nSPS) is 11.6. The number of carbonyl (C=O) groups excluding carboxylic acids is 3. The predicted molar refractivity (Wildman–Crippen MR) is 73.3 cm³/mol. The number of nitrogens with zero attached hydrogens (tertiary/aromatic N) is 1. The molecule has 0 bridgehead atoms. The Labute approximate surface area is 121 Å². The van der Waals surface area contributed by atoms with E-state index >= 15 is 0 Å². The maximum atomic E-state index is 11.7. The number of nitrogens with one attached hydrogen (secondary N) is 1. The van der Waals surface area contributed by atoms with Crippen molar-refractivity contribution in [2.24, 2.45) is 0 Å². The molecule has 0 aliphatic carbocycles. The zero-order chi connectivity index (χ0) is 15.1. The summed E-state index contributed by atoms with van der Waals surface area (Å²) >= 11 is 5.67. The molecule has 20 heavy (non-hydrogen) atoms. The number of carbonyl (C=O) groups is 3. The summed E-state index contributed by atoms with van der Waals surface area (Å²) in [6.45, 7) is 2.83. The zero-order valence-corrected chi connectivity index (χ0v) is 11.9. The molecular weight excluding hydrogens is 284 g/mol. The number of aromatic nitrogens is 1. The van der Waals surface area contributed by atoms with Gasteiger partial charge in [0.25, 0.3) is 5.91 Å². The molecule has 1 atom stereocenters. The monoisotopic (exact) mass is 298 g/mol. The molecule has 0 saturated heterocycles. The van der Waals surface area contributed by atoms with E-state index in [2.05, 4.69) is 10.3 Å². The number of halogens is 1. The summed E-state index contributed by atoms with van der Waals surface area (Å²) in [5, 5.41) is 2.94. The van der Waals surface area contributed by atoms with Gasteiger partial charge in [0.15, 0.2) is 6.10 Å². The molecule has 1 aromatic heterocycles. The van der Waals surface area contributed by atoms with E-state index in [1.165, 1.54) is 26.1 Å². The Morgan fingerprint density at radius 3 is 2.60 bits per heavy atom. The predicted octanol–water partition coefficient (Wildman–Crippen LogP) is 1.97. The van der Waals surface area contributed by atoms with Crippen molar-refractivity contribution in [2.45, 2.75) is 32.8 Å². The molecule has 0 spiro atoms. The van der Waals surface area contributed by atoms with Crippen LogP contribution < -0.4 is 5.32 Å². The van der Waals surface area contributed by atoms with Crippen molar-refractivity contribution >= 4 is 35.1 Å². The van der Waals surface area contributed by atoms with Gasteiger partial charge in [0.1, 0.15) is 11.6 Å². The zero-order valence-electron chi connectivity index (χ0n) is 11.2. The molecular formula is C13H15ClN2O4. The minimum atomic E-state index is -0.966. The molecule has 0 unspecified atom stereocenters. The Balaban J connectivity index is 2.44. The summed E-state index contributed by atoms with van der Waals surface area (Å²) in [4.78, 5) is 37.7. The molecule has 0 aromatic carbocycles. The van der Waals surface area contributed by atoms with Crippen LogP contribution in [0.4, 0.5) is 5.82 Å². The number of ketones is 1. The van der Waals surface area contributed by atoms with Crippen LogP contribution in [0.1, 0.15) is 26.7 Å². The van der Waals surface area contributed by atoms with E-state index in [4.69, 9.17) is 16.3 Å². The van der Waals surface area contributed by atoms with Crippen LogP contribution in [0, 0.1) is 0 Å². The fourth-order valence-corrected chi connectivity index (χ4v) is 1.38. The highest BCUT2D eigenvalue weighted by Gasteiger charge is 2.18. The molecule has 0 saturated carbocycles. The Hall–Kier alpha value is -1.95. The van der Waals surface area contributed by atoms with Gasteiger partial charge in [-0.15, -0.1) is 0 Å². The molecule has 1 amide bonds. The molecule has 1 aromatic rings. The summed E-state index contributed by atoms with van der Waals surface area (Å²) in [6.07, 6.45) is 0.491. The number of anilines is 1. The number of esters is 1. The fraction of sp³-hybridized carbons (Fsp3) is 0.385. The minimum absolute atomic E-state index is 0.0356. The molecule has 0 aliphatic heterocycles. The summed E-state index contributed by atoms with van der Waals surface area (Å²) in [5.74, 6) is -0.890. The van der Waals surface area contributed by atoms with Gasteiger partial charge in [-0.1, -0.05) is 11.6 Å². The largest absolute Gasteiger partial charge is 0.453 e. The highest BCUT2D eigenvalue weighted by Crippen LogP contribution is 2.10. The summed E-state index contributed by atoms with van der Waals surface area (Å²) in [7, 11) is 0. The highest BCUT2D eigenvalue weighted by molar-refractivity contribution is 6.30. The lowest BCUT2D eigenvalue weighted by Gasteiger charge is -2.12. The second kappa shape index (κ2) is 7.59. The second-order valence-corrected chi connectivity index (χ2v) is 4.62. The van der Waals surface area contributed by atoms with E-state index in [1.807, 2.05) is 0 Å². The molecule has 0 aliphatic rings. The van der Waals surface area contributed by atoms with Crippen LogP contribution in [0.2, 0.25) is 5.02 Å². The number of ether oxygens (including phenoxy) is 1. The first-order valence-corrected chi connectivity index (χ1v) is 6.37. The van der Waals surface area contributed by atoms with Gasteiger partial charge in [-0.2, -0.15) is 0 Å². The van der Waals surface area contributed by atoms with Crippen molar-refractivity contribution in [2.75, 3.05) is 5.32 Å². The third-order valence-electron chi connectivity index (χ3n) is 2.34. The fourth-order valence-electron chi connectivity index (χ4n) is 1.27. The van der Waals surface area contributed by atoms with E-state index in [0.717, 1.165) is 0 Å². The molecule has 1 heterocycles. The minimum Gasteiger partial charge on any atom is -0.453 e. The van der Waals surface area contributed by atoms with Crippen LogP contribution in [0.15, 0.2) is 18.3 Å². The van der Waals surface area contributed by atoms with Crippen molar-refractivity contribution in [3.63, 3.8) is 0 Å². The Bertz CT molecular complexity index is 502. The van der Waals surface area contributed by atoms with Crippen molar-refractivity contribution in [3.05, 3.63) is 23.4 Å². The molecule has 0 radical (unpaired) electrons. The molecule has 6 nitrogen and oxygen atoms in total. The van der Waals surface area contributed by atoms with Crippen LogP contribution >= 0.6 is 11.6 Å². The summed E-state index contributed by atoms with van der Waals surface area (Å²) in [6, 6.07) is 3.11. The average Bonchev–Trinajstić information content (AvgIpc) is 2.39.